The van der Waals surface area contributed by atoms with Gasteiger partial charge in [-0.3, -0.25) is 4.79 Å². The van der Waals surface area contributed by atoms with E-state index in [0.717, 1.165) is 44.0 Å². The highest BCUT2D eigenvalue weighted by Crippen LogP contribution is 2.20. The monoisotopic (exact) mass is 373 g/mol. The molecule has 2 aromatic rings. The van der Waals surface area contributed by atoms with Crippen LogP contribution >= 0.6 is 11.6 Å². The lowest BCUT2D eigenvalue weighted by atomic mass is 10.1. The number of piperazine rings is 1. The number of anilines is 1. The van der Waals surface area contributed by atoms with Crippen LogP contribution in [0.2, 0.25) is 5.02 Å². The van der Waals surface area contributed by atoms with Crippen LogP contribution in [0.3, 0.4) is 0 Å². The van der Waals surface area contributed by atoms with Crippen molar-refractivity contribution in [3.8, 4) is 0 Å². The van der Waals surface area contributed by atoms with Gasteiger partial charge in [0.1, 0.15) is 32.7 Å². The van der Waals surface area contributed by atoms with Crippen molar-refractivity contribution in [3.63, 3.8) is 0 Å². The summed E-state index contributed by atoms with van der Waals surface area (Å²) in [4.78, 5) is 15.6. The van der Waals surface area contributed by atoms with E-state index >= 15 is 0 Å². The van der Waals surface area contributed by atoms with Crippen LogP contribution in [-0.4, -0.2) is 38.1 Å². The van der Waals surface area contributed by atoms with E-state index in [4.69, 9.17) is 11.6 Å². The maximum Gasteiger partial charge on any atom is 0.282 e. The number of amides is 1. The zero-order valence-corrected chi connectivity index (χ0v) is 16.3. The first-order valence-corrected chi connectivity index (χ1v) is 9.70. The van der Waals surface area contributed by atoms with Crippen molar-refractivity contribution < 1.29 is 14.6 Å². The summed E-state index contributed by atoms with van der Waals surface area (Å²) in [5, 5.41) is 3.69. The van der Waals surface area contributed by atoms with E-state index in [1.807, 2.05) is 32.0 Å². The van der Waals surface area contributed by atoms with Crippen LogP contribution in [0.1, 0.15) is 18.1 Å². The minimum Gasteiger partial charge on any atom is -0.322 e. The number of nitrogens with one attached hydrogen (secondary N) is 3. The molecule has 0 unspecified atom stereocenters. The van der Waals surface area contributed by atoms with Crippen molar-refractivity contribution in [2.45, 2.75) is 26.4 Å². The number of hydrogen-bond donors (Lipinski definition) is 3. The van der Waals surface area contributed by atoms with E-state index in [-0.39, 0.29) is 11.9 Å². The molecule has 1 amide bonds. The van der Waals surface area contributed by atoms with Crippen LogP contribution in [-0.2, 0) is 11.3 Å². The van der Waals surface area contributed by atoms with Crippen molar-refractivity contribution in [1.29, 1.82) is 0 Å². The number of aryl methyl sites for hydroxylation is 1. The van der Waals surface area contributed by atoms with Gasteiger partial charge in [0.15, 0.2) is 6.04 Å². The number of carbonyl (C=O) groups is 1. The lowest BCUT2D eigenvalue weighted by Crippen LogP contribution is -3.29. The second-order valence-corrected chi connectivity index (χ2v) is 7.68. The number of quaternary nitrogens is 2. The summed E-state index contributed by atoms with van der Waals surface area (Å²) in [7, 11) is 0. The Morgan fingerprint density at radius 3 is 2.50 bits per heavy atom. The van der Waals surface area contributed by atoms with Gasteiger partial charge in [0.05, 0.1) is 0 Å². The Labute approximate surface area is 160 Å². The van der Waals surface area contributed by atoms with Gasteiger partial charge in [-0.1, -0.05) is 48.0 Å². The van der Waals surface area contributed by atoms with Gasteiger partial charge in [-0.15, -0.1) is 0 Å². The predicted octanol–water partition coefficient (Wildman–Crippen LogP) is 0.959. The second-order valence-electron chi connectivity index (χ2n) is 7.24. The molecule has 0 aromatic heterocycles. The summed E-state index contributed by atoms with van der Waals surface area (Å²) in [6.07, 6.45) is 0. The molecule has 1 saturated heterocycles. The van der Waals surface area contributed by atoms with E-state index in [9.17, 15) is 4.79 Å². The number of hydrogen-bond acceptors (Lipinski definition) is 1. The van der Waals surface area contributed by atoms with Crippen molar-refractivity contribution in [1.82, 2.24) is 0 Å². The molecule has 138 valence electrons. The summed E-state index contributed by atoms with van der Waals surface area (Å²) in [6, 6.07) is 16.2. The molecule has 3 N–H and O–H groups in total. The Kier molecular flexibility index (Phi) is 6.30. The Morgan fingerprint density at radius 2 is 1.81 bits per heavy atom. The third-order valence-electron chi connectivity index (χ3n) is 5.36. The Balaban J connectivity index is 1.52. The molecular formula is C21H28ClN3O+2. The lowest BCUT2D eigenvalue weighted by Gasteiger charge is -2.32. The average molecular weight is 374 g/mol. The van der Waals surface area contributed by atoms with Gasteiger partial charge in [0, 0.05) is 16.3 Å². The van der Waals surface area contributed by atoms with Crippen molar-refractivity contribution in [3.05, 3.63) is 64.7 Å². The molecule has 1 heterocycles. The molecule has 0 saturated carbocycles. The summed E-state index contributed by atoms with van der Waals surface area (Å²) >= 11 is 6.05. The fourth-order valence-electron chi connectivity index (χ4n) is 3.57. The van der Waals surface area contributed by atoms with Crippen LogP contribution < -0.4 is 15.1 Å². The normalized spacial score (nSPS) is 21.2. The third kappa shape index (κ3) is 4.85. The van der Waals surface area contributed by atoms with Crippen molar-refractivity contribution in [2.24, 2.45) is 0 Å². The number of rotatable bonds is 5. The van der Waals surface area contributed by atoms with Gasteiger partial charge in [-0.25, -0.2) is 0 Å². The van der Waals surface area contributed by atoms with Crippen molar-refractivity contribution >= 4 is 23.2 Å². The molecule has 0 aliphatic carbocycles. The Bertz CT molecular complexity index is 742. The molecule has 1 aliphatic heterocycles. The van der Waals surface area contributed by atoms with Crippen LogP contribution in [0.25, 0.3) is 0 Å². The molecule has 1 atom stereocenters. The van der Waals surface area contributed by atoms with Gasteiger partial charge in [-0.05, 0) is 31.5 Å². The topological polar surface area (TPSA) is 38.0 Å². The van der Waals surface area contributed by atoms with E-state index in [1.54, 1.807) is 4.90 Å². The van der Waals surface area contributed by atoms with Crippen molar-refractivity contribution in [2.75, 3.05) is 31.5 Å². The molecule has 5 heteroatoms. The highest BCUT2D eigenvalue weighted by molar-refractivity contribution is 6.31. The second kappa shape index (κ2) is 8.67. The first kappa shape index (κ1) is 18.9. The average Bonchev–Trinajstić information content (AvgIpc) is 2.65. The first-order valence-electron chi connectivity index (χ1n) is 9.32. The summed E-state index contributed by atoms with van der Waals surface area (Å²) < 4.78 is 0. The number of benzene rings is 2. The molecule has 4 nitrogen and oxygen atoms in total. The largest absolute Gasteiger partial charge is 0.322 e. The van der Waals surface area contributed by atoms with Crippen LogP contribution in [0.4, 0.5) is 5.69 Å². The SMILES string of the molecule is Cc1ccc(Cl)cc1NC(=O)[C@@H](C)[NH+]1CC[NH+](Cc2ccccc2)CC1. The van der Waals surface area contributed by atoms with Crippen LogP contribution in [0.15, 0.2) is 48.5 Å². The van der Waals surface area contributed by atoms with Crippen LogP contribution in [0.5, 0.6) is 0 Å². The smallest absolute Gasteiger partial charge is 0.282 e. The fourth-order valence-corrected chi connectivity index (χ4v) is 3.75. The predicted molar refractivity (Wildman–Crippen MR) is 106 cm³/mol. The quantitative estimate of drug-likeness (QED) is 0.717. The number of carbonyl (C=O) groups excluding carboxylic acids is 1. The molecule has 3 rings (SSSR count). The zero-order valence-electron chi connectivity index (χ0n) is 15.5. The van der Waals surface area contributed by atoms with E-state index in [1.165, 1.54) is 10.5 Å². The molecule has 0 bridgehead atoms. The van der Waals surface area contributed by atoms with Gasteiger partial charge in [0.25, 0.3) is 5.91 Å². The van der Waals surface area contributed by atoms with Gasteiger partial charge in [0.2, 0.25) is 0 Å². The zero-order chi connectivity index (χ0) is 18.5. The minimum absolute atomic E-state index is 0.0633. The molecule has 26 heavy (non-hydrogen) atoms. The molecular weight excluding hydrogens is 346 g/mol. The fraction of sp³-hybridized carbons (Fsp3) is 0.381. The lowest BCUT2D eigenvalue weighted by molar-refractivity contribution is -1.02. The molecule has 1 fully saturated rings. The van der Waals surface area contributed by atoms with Gasteiger partial charge < -0.3 is 15.1 Å². The maximum atomic E-state index is 12.7. The highest BCUT2D eigenvalue weighted by atomic mass is 35.5. The van der Waals surface area contributed by atoms with E-state index in [2.05, 4.69) is 35.6 Å². The first-order chi connectivity index (χ1) is 12.5. The van der Waals surface area contributed by atoms with Gasteiger partial charge in [-0.2, -0.15) is 0 Å². The van der Waals surface area contributed by atoms with E-state index in [0.29, 0.717) is 5.02 Å². The molecule has 2 aromatic carbocycles. The maximum absolute atomic E-state index is 12.7. The standard InChI is InChI=1S/C21H26ClN3O/c1-16-8-9-19(22)14-20(16)23-21(26)17(2)25-12-10-24(11-13-25)15-18-6-4-3-5-7-18/h3-9,14,17H,10-13,15H2,1-2H3,(H,23,26)/p+2/t17-/m1/s1. The summed E-state index contributed by atoms with van der Waals surface area (Å²) in [5.74, 6) is 0.0666. The summed E-state index contributed by atoms with van der Waals surface area (Å²) in [5.41, 5.74) is 3.22. The molecule has 0 radical (unpaired) electrons. The highest BCUT2D eigenvalue weighted by Gasteiger charge is 2.31. The minimum atomic E-state index is -0.0633. The Morgan fingerprint density at radius 1 is 1.12 bits per heavy atom. The molecule has 0 spiro atoms. The number of halogens is 1. The summed E-state index contributed by atoms with van der Waals surface area (Å²) in [6.45, 7) is 9.30. The molecule has 1 aliphatic rings. The van der Waals surface area contributed by atoms with E-state index < -0.39 is 0 Å². The van der Waals surface area contributed by atoms with Gasteiger partial charge >= 0.3 is 0 Å². The third-order valence-corrected chi connectivity index (χ3v) is 5.59. The Hall–Kier alpha value is -1.88. The van der Waals surface area contributed by atoms with Crippen LogP contribution in [0, 0.1) is 6.92 Å².